The molecule has 7 heteroatoms. The molecule has 2 unspecified atom stereocenters. The molecule has 1 amide bonds. The minimum atomic E-state index is -1.20. The monoisotopic (exact) mass is 336 g/mol. The SMILES string of the molecule is CCOc1ncccc1C(=O)NC(C)C(O)c1ccc(F)c(F)c1. The molecule has 1 aromatic heterocycles. The highest BCUT2D eigenvalue weighted by atomic mass is 19.2. The van der Waals surface area contributed by atoms with Gasteiger partial charge in [-0.15, -0.1) is 0 Å². The fourth-order valence-corrected chi connectivity index (χ4v) is 2.16. The van der Waals surface area contributed by atoms with Crippen molar-refractivity contribution < 1.29 is 23.4 Å². The van der Waals surface area contributed by atoms with Crippen molar-refractivity contribution in [3.63, 3.8) is 0 Å². The van der Waals surface area contributed by atoms with Crippen molar-refractivity contribution in [2.75, 3.05) is 6.61 Å². The molecule has 0 aliphatic heterocycles. The van der Waals surface area contributed by atoms with Crippen LogP contribution in [0.3, 0.4) is 0 Å². The first-order valence-electron chi connectivity index (χ1n) is 7.45. The third-order valence-electron chi connectivity index (χ3n) is 3.41. The Hall–Kier alpha value is -2.54. The molecule has 0 saturated carbocycles. The number of pyridine rings is 1. The van der Waals surface area contributed by atoms with Crippen molar-refractivity contribution in [3.8, 4) is 5.88 Å². The highest BCUT2D eigenvalue weighted by Gasteiger charge is 2.22. The maximum Gasteiger partial charge on any atom is 0.257 e. The second-order valence-electron chi connectivity index (χ2n) is 5.17. The molecule has 24 heavy (non-hydrogen) atoms. The van der Waals surface area contributed by atoms with Crippen molar-refractivity contribution in [2.24, 2.45) is 0 Å². The van der Waals surface area contributed by atoms with E-state index in [1.165, 1.54) is 12.3 Å². The molecule has 1 aromatic carbocycles. The van der Waals surface area contributed by atoms with Gasteiger partial charge in [0, 0.05) is 6.20 Å². The molecule has 2 aromatic rings. The molecule has 128 valence electrons. The van der Waals surface area contributed by atoms with Gasteiger partial charge >= 0.3 is 0 Å². The van der Waals surface area contributed by atoms with E-state index in [-0.39, 0.29) is 17.0 Å². The zero-order valence-corrected chi connectivity index (χ0v) is 13.3. The summed E-state index contributed by atoms with van der Waals surface area (Å²) >= 11 is 0. The van der Waals surface area contributed by atoms with E-state index in [4.69, 9.17) is 4.74 Å². The maximum atomic E-state index is 13.3. The van der Waals surface area contributed by atoms with Gasteiger partial charge in [0.05, 0.1) is 18.8 Å². The molecule has 1 heterocycles. The Kier molecular flexibility index (Phi) is 5.81. The number of aromatic nitrogens is 1. The Morgan fingerprint density at radius 1 is 1.33 bits per heavy atom. The lowest BCUT2D eigenvalue weighted by Crippen LogP contribution is -2.37. The van der Waals surface area contributed by atoms with E-state index < -0.39 is 29.7 Å². The van der Waals surface area contributed by atoms with E-state index in [0.29, 0.717) is 6.61 Å². The summed E-state index contributed by atoms with van der Waals surface area (Å²) in [5, 5.41) is 12.8. The number of aliphatic hydroxyl groups excluding tert-OH is 1. The van der Waals surface area contributed by atoms with E-state index >= 15 is 0 Å². The van der Waals surface area contributed by atoms with Gasteiger partial charge < -0.3 is 15.2 Å². The van der Waals surface area contributed by atoms with Gasteiger partial charge in [0.25, 0.3) is 5.91 Å². The second-order valence-corrected chi connectivity index (χ2v) is 5.17. The molecule has 2 rings (SSSR count). The van der Waals surface area contributed by atoms with Crippen LogP contribution in [0.25, 0.3) is 0 Å². The summed E-state index contributed by atoms with van der Waals surface area (Å²) in [6.07, 6.45) is 0.303. The third-order valence-corrected chi connectivity index (χ3v) is 3.41. The quantitative estimate of drug-likeness (QED) is 0.851. The number of carbonyl (C=O) groups excluding carboxylic acids is 1. The average molecular weight is 336 g/mol. The lowest BCUT2D eigenvalue weighted by molar-refractivity contribution is 0.0847. The van der Waals surface area contributed by atoms with Gasteiger partial charge in [0.1, 0.15) is 5.56 Å². The first-order chi connectivity index (χ1) is 11.4. The largest absolute Gasteiger partial charge is 0.477 e. The lowest BCUT2D eigenvalue weighted by atomic mass is 10.0. The number of hydrogen-bond acceptors (Lipinski definition) is 4. The van der Waals surface area contributed by atoms with Crippen molar-refractivity contribution in [3.05, 3.63) is 59.3 Å². The van der Waals surface area contributed by atoms with Crippen LogP contribution in [0.15, 0.2) is 36.5 Å². The predicted octanol–water partition coefficient (Wildman–Crippen LogP) is 2.61. The molecule has 0 radical (unpaired) electrons. The van der Waals surface area contributed by atoms with Crippen LogP contribution in [0.1, 0.15) is 35.9 Å². The Bertz CT molecular complexity index is 725. The highest BCUT2D eigenvalue weighted by Crippen LogP contribution is 2.20. The van der Waals surface area contributed by atoms with Gasteiger partial charge in [-0.25, -0.2) is 13.8 Å². The molecule has 5 nitrogen and oxygen atoms in total. The van der Waals surface area contributed by atoms with Crippen molar-refractivity contribution in [1.29, 1.82) is 0 Å². The maximum absolute atomic E-state index is 13.3. The lowest BCUT2D eigenvalue weighted by Gasteiger charge is -2.21. The summed E-state index contributed by atoms with van der Waals surface area (Å²) in [5.74, 6) is -2.36. The molecule has 0 aliphatic carbocycles. The molecular formula is C17H18F2N2O3. The second kappa shape index (κ2) is 7.83. The Morgan fingerprint density at radius 2 is 2.08 bits per heavy atom. The number of hydrogen-bond donors (Lipinski definition) is 2. The third kappa shape index (κ3) is 4.05. The summed E-state index contributed by atoms with van der Waals surface area (Å²) in [6.45, 7) is 3.68. The Labute approximate surface area is 138 Å². The van der Waals surface area contributed by atoms with Crippen LogP contribution in [0.2, 0.25) is 0 Å². The van der Waals surface area contributed by atoms with E-state index in [9.17, 15) is 18.7 Å². The van der Waals surface area contributed by atoms with Gasteiger partial charge in [-0.2, -0.15) is 0 Å². The van der Waals surface area contributed by atoms with Crippen molar-refractivity contribution >= 4 is 5.91 Å². The zero-order chi connectivity index (χ0) is 17.7. The van der Waals surface area contributed by atoms with Gasteiger partial charge in [-0.3, -0.25) is 4.79 Å². The number of ether oxygens (including phenoxy) is 1. The number of aliphatic hydroxyl groups is 1. The molecule has 2 atom stereocenters. The topological polar surface area (TPSA) is 71.5 Å². The van der Waals surface area contributed by atoms with Crippen LogP contribution in [-0.4, -0.2) is 28.6 Å². The van der Waals surface area contributed by atoms with E-state index in [1.54, 1.807) is 26.0 Å². The molecule has 0 saturated heterocycles. The van der Waals surface area contributed by atoms with Crippen LogP contribution >= 0.6 is 0 Å². The van der Waals surface area contributed by atoms with E-state index in [1.807, 2.05) is 0 Å². The predicted molar refractivity (Wildman–Crippen MR) is 83.7 cm³/mol. The summed E-state index contributed by atoms with van der Waals surface area (Å²) in [4.78, 5) is 16.3. The summed E-state index contributed by atoms with van der Waals surface area (Å²) in [5.41, 5.74) is 0.390. The van der Waals surface area contributed by atoms with Crippen molar-refractivity contribution in [2.45, 2.75) is 26.0 Å². The standard InChI is InChI=1S/C17H18F2N2O3/c1-3-24-17-12(5-4-8-20-17)16(23)21-10(2)15(22)11-6-7-13(18)14(19)9-11/h4-10,15,22H,3H2,1-2H3,(H,21,23). The Balaban J connectivity index is 2.12. The smallest absolute Gasteiger partial charge is 0.257 e. The van der Waals surface area contributed by atoms with Gasteiger partial charge in [-0.1, -0.05) is 6.07 Å². The summed E-state index contributed by atoms with van der Waals surface area (Å²) in [7, 11) is 0. The van der Waals surface area contributed by atoms with E-state index in [0.717, 1.165) is 12.1 Å². The van der Waals surface area contributed by atoms with Crippen LogP contribution in [0.5, 0.6) is 5.88 Å². The number of nitrogens with zero attached hydrogens (tertiary/aromatic N) is 1. The van der Waals surface area contributed by atoms with Crippen LogP contribution in [-0.2, 0) is 0 Å². The molecule has 0 fully saturated rings. The number of carbonyl (C=O) groups is 1. The van der Waals surface area contributed by atoms with Crippen LogP contribution in [0, 0.1) is 11.6 Å². The molecule has 0 bridgehead atoms. The fourth-order valence-electron chi connectivity index (χ4n) is 2.16. The fraction of sp³-hybridized carbons (Fsp3) is 0.294. The first-order valence-corrected chi connectivity index (χ1v) is 7.45. The number of halogens is 2. The number of benzene rings is 1. The van der Waals surface area contributed by atoms with Gasteiger partial charge in [0.2, 0.25) is 5.88 Å². The Morgan fingerprint density at radius 3 is 2.75 bits per heavy atom. The van der Waals surface area contributed by atoms with E-state index in [2.05, 4.69) is 10.3 Å². The van der Waals surface area contributed by atoms with Gasteiger partial charge in [-0.05, 0) is 43.7 Å². The highest BCUT2D eigenvalue weighted by molar-refractivity contribution is 5.96. The molecular weight excluding hydrogens is 318 g/mol. The van der Waals surface area contributed by atoms with Crippen molar-refractivity contribution in [1.82, 2.24) is 10.3 Å². The first kappa shape index (κ1) is 17.8. The molecule has 0 spiro atoms. The molecule has 0 aliphatic rings. The summed E-state index contributed by atoms with van der Waals surface area (Å²) in [6, 6.07) is 5.49. The van der Waals surface area contributed by atoms with Crippen LogP contribution < -0.4 is 10.1 Å². The molecule has 2 N–H and O–H groups in total. The minimum absolute atomic E-state index is 0.165. The number of amides is 1. The summed E-state index contributed by atoms with van der Waals surface area (Å²) < 4.78 is 31.5. The minimum Gasteiger partial charge on any atom is -0.477 e. The number of rotatable bonds is 6. The van der Waals surface area contributed by atoms with Crippen LogP contribution in [0.4, 0.5) is 8.78 Å². The van der Waals surface area contributed by atoms with Gasteiger partial charge in [0.15, 0.2) is 11.6 Å². The zero-order valence-electron chi connectivity index (χ0n) is 13.3. The normalized spacial score (nSPS) is 13.2. The number of nitrogens with one attached hydrogen (secondary N) is 1. The average Bonchev–Trinajstić information content (AvgIpc) is 2.57.